The normalized spacial score (nSPS) is 16.0. The molecule has 4 nitrogen and oxygen atoms in total. The third-order valence-corrected chi connectivity index (χ3v) is 3.76. The molecule has 0 unspecified atom stereocenters. The van der Waals surface area contributed by atoms with Crippen molar-refractivity contribution in [1.82, 2.24) is 0 Å². The third kappa shape index (κ3) is 3.12. The predicted octanol–water partition coefficient (Wildman–Crippen LogP) is 4.15. The molecule has 3 rings (SSSR count). The number of methoxy groups -OCH3 is 1. The lowest BCUT2D eigenvalue weighted by Crippen LogP contribution is -2.21. The molecular weight excluding hydrogens is 312 g/mol. The van der Waals surface area contributed by atoms with Crippen LogP contribution in [-0.4, -0.2) is 18.7 Å². The van der Waals surface area contributed by atoms with Crippen molar-refractivity contribution in [3.05, 3.63) is 64.7 Å². The van der Waals surface area contributed by atoms with Gasteiger partial charge in [0.25, 0.3) is 5.91 Å². The number of amides is 1. The lowest BCUT2D eigenvalue weighted by atomic mass is 10.1. The fourth-order valence-corrected chi connectivity index (χ4v) is 2.55. The topological polar surface area (TPSA) is 41.9 Å². The van der Waals surface area contributed by atoms with E-state index >= 15 is 0 Å². The van der Waals surface area contributed by atoms with E-state index in [9.17, 15) is 4.79 Å². The third-order valence-electron chi connectivity index (χ3n) is 3.52. The van der Waals surface area contributed by atoms with Crippen LogP contribution in [0.3, 0.4) is 0 Å². The lowest BCUT2D eigenvalue weighted by Gasteiger charge is -2.11. The van der Waals surface area contributed by atoms with Crippen LogP contribution in [0.15, 0.2) is 59.2 Å². The molecule has 1 aliphatic heterocycles. The van der Waals surface area contributed by atoms with Gasteiger partial charge in [0, 0.05) is 5.02 Å². The zero-order valence-electron chi connectivity index (χ0n) is 12.8. The molecule has 0 aliphatic carbocycles. The highest BCUT2D eigenvalue weighted by atomic mass is 35.5. The molecule has 0 saturated heterocycles. The summed E-state index contributed by atoms with van der Waals surface area (Å²) in [6.07, 6.45) is 1.81. The minimum absolute atomic E-state index is 0.174. The highest BCUT2D eigenvalue weighted by molar-refractivity contribution is 6.33. The first-order valence-corrected chi connectivity index (χ1v) is 7.47. The Kier molecular flexibility index (Phi) is 4.17. The summed E-state index contributed by atoms with van der Waals surface area (Å²) in [5.41, 5.74) is 2.75. The summed E-state index contributed by atoms with van der Waals surface area (Å²) >= 11 is 5.99. The van der Waals surface area contributed by atoms with Gasteiger partial charge < -0.3 is 4.74 Å². The number of hydrogen-bond acceptors (Lipinski definition) is 3. The zero-order valence-corrected chi connectivity index (χ0v) is 13.5. The number of halogens is 1. The van der Waals surface area contributed by atoms with Crippen LogP contribution in [-0.2, 0) is 4.79 Å². The largest absolute Gasteiger partial charge is 0.497 e. The van der Waals surface area contributed by atoms with Gasteiger partial charge in [0.2, 0.25) is 0 Å². The maximum absolute atomic E-state index is 12.7. The standard InChI is InChI=1S/C18H15ClN2O2/c1-12-17(10-13-5-3-8-16(9-13)23-2)18(22)21(20-12)15-7-4-6-14(19)11-15/h3-11H,1-2H3/b17-10+. The quantitative estimate of drug-likeness (QED) is 0.795. The van der Waals surface area contributed by atoms with Crippen LogP contribution in [0, 0.1) is 0 Å². The van der Waals surface area contributed by atoms with Gasteiger partial charge >= 0.3 is 0 Å². The van der Waals surface area contributed by atoms with E-state index in [1.165, 1.54) is 5.01 Å². The van der Waals surface area contributed by atoms with Crippen molar-refractivity contribution in [1.29, 1.82) is 0 Å². The van der Waals surface area contributed by atoms with Crippen LogP contribution < -0.4 is 9.75 Å². The van der Waals surface area contributed by atoms with Crippen molar-refractivity contribution in [3.8, 4) is 5.75 Å². The molecule has 0 aromatic heterocycles. The number of hydrazone groups is 1. The molecule has 5 heteroatoms. The molecule has 1 amide bonds. The van der Waals surface area contributed by atoms with Crippen LogP contribution in [0.2, 0.25) is 5.02 Å². The second kappa shape index (κ2) is 6.26. The second-order valence-electron chi connectivity index (χ2n) is 5.12. The molecular formula is C18H15ClN2O2. The summed E-state index contributed by atoms with van der Waals surface area (Å²) in [7, 11) is 1.61. The van der Waals surface area contributed by atoms with Crippen molar-refractivity contribution in [3.63, 3.8) is 0 Å². The van der Waals surface area contributed by atoms with Crippen LogP contribution in [0.25, 0.3) is 6.08 Å². The average molecular weight is 327 g/mol. The summed E-state index contributed by atoms with van der Waals surface area (Å²) in [5, 5.41) is 6.27. The average Bonchev–Trinajstić information content (AvgIpc) is 2.83. The van der Waals surface area contributed by atoms with Crippen molar-refractivity contribution in [2.24, 2.45) is 5.10 Å². The molecule has 0 radical (unpaired) electrons. The summed E-state index contributed by atoms with van der Waals surface area (Å²) in [6.45, 7) is 1.81. The Hall–Kier alpha value is -2.59. The number of anilines is 1. The van der Waals surface area contributed by atoms with Crippen LogP contribution in [0.1, 0.15) is 12.5 Å². The van der Waals surface area contributed by atoms with E-state index in [4.69, 9.17) is 16.3 Å². The molecule has 23 heavy (non-hydrogen) atoms. The maximum atomic E-state index is 12.7. The molecule has 2 aromatic carbocycles. The van der Waals surface area contributed by atoms with Gasteiger partial charge in [-0.25, -0.2) is 0 Å². The molecule has 0 saturated carbocycles. The van der Waals surface area contributed by atoms with E-state index in [2.05, 4.69) is 5.10 Å². The van der Waals surface area contributed by atoms with Gasteiger partial charge in [-0.05, 0) is 48.9 Å². The number of hydrogen-bond donors (Lipinski definition) is 0. The Balaban J connectivity index is 1.95. The minimum atomic E-state index is -0.174. The lowest BCUT2D eigenvalue weighted by molar-refractivity contribution is -0.114. The fourth-order valence-electron chi connectivity index (χ4n) is 2.37. The van der Waals surface area contributed by atoms with Crippen LogP contribution >= 0.6 is 11.6 Å². The highest BCUT2D eigenvalue weighted by Crippen LogP contribution is 2.27. The maximum Gasteiger partial charge on any atom is 0.280 e. The summed E-state index contributed by atoms with van der Waals surface area (Å²) in [5.74, 6) is 0.568. The number of carbonyl (C=O) groups excluding carboxylic acids is 1. The number of carbonyl (C=O) groups is 1. The molecule has 116 valence electrons. The molecule has 0 fully saturated rings. The summed E-state index contributed by atoms with van der Waals surface area (Å²) in [6, 6.07) is 14.6. The van der Waals surface area contributed by atoms with Gasteiger partial charge in [0.15, 0.2) is 0 Å². The van der Waals surface area contributed by atoms with Gasteiger partial charge in [-0.3, -0.25) is 4.79 Å². The smallest absolute Gasteiger partial charge is 0.280 e. The Bertz CT molecular complexity index is 827. The zero-order chi connectivity index (χ0) is 16.4. The predicted molar refractivity (Wildman–Crippen MR) is 93.0 cm³/mol. The Morgan fingerprint density at radius 2 is 1.96 bits per heavy atom. The molecule has 0 bridgehead atoms. The number of benzene rings is 2. The van der Waals surface area contributed by atoms with Crippen molar-refractivity contribution in [2.45, 2.75) is 6.92 Å². The molecule has 0 N–H and O–H groups in total. The van der Waals surface area contributed by atoms with Crippen molar-refractivity contribution >= 4 is 35.0 Å². The van der Waals surface area contributed by atoms with E-state index in [0.717, 1.165) is 11.3 Å². The molecule has 0 spiro atoms. The number of nitrogens with zero attached hydrogens (tertiary/aromatic N) is 2. The van der Waals surface area contributed by atoms with Crippen LogP contribution in [0.5, 0.6) is 5.75 Å². The van der Waals surface area contributed by atoms with E-state index in [0.29, 0.717) is 22.0 Å². The molecule has 1 aliphatic rings. The van der Waals surface area contributed by atoms with Gasteiger partial charge in [0.05, 0.1) is 24.1 Å². The molecule has 2 aromatic rings. The van der Waals surface area contributed by atoms with Crippen molar-refractivity contribution in [2.75, 3.05) is 12.1 Å². The highest BCUT2D eigenvalue weighted by Gasteiger charge is 2.28. The Morgan fingerprint density at radius 3 is 2.70 bits per heavy atom. The minimum Gasteiger partial charge on any atom is -0.497 e. The van der Waals surface area contributed by atoms with Crippen molar-refractivity contribution < 1.29 is 9.53 Å². The fraction of sp³-hybridized carbons (Fsp3) is 0.111. The van der Waals surface area contributed by atoms with E-state index in [-0.39, 0.29) is 5.91 Å². The van der Waals surface area contributed by atoms with E-state index in [1.807, 2.05) is 37.3 Å². The van der Waals surface area contributed by atoms with E-state index in [1.54, 1.807) is 31.4 Å². The molecule has 1 heterocycles. The first kappa shape index (κ1) is 15.3. The van der Waals surface area contributed by atoms with Gasteiger partial charge in [-0.2, -0.15) is 10.1 Å². The number of ether oxygens (including phenoxy) is 1. The summed E-state index contributed by atoms with van der Waals surface area (Å²) < 4.78 is 5.21. The van der Waals surface area contributed by atoms with Gasteiger partial charge in [-0.1, -0.05) is 29.8 Å². The number of rotatable bonds is 3. The Morgan fingerprint density at radius 1 is 1.17 bits per heavy atom. The first-order chi connectivity index (χ1) is 11.1. The van der Waals surface area contributed by atoms with Gasteiger partial charge in [0.1, 0.15) is 5.75 Å². The SMILES string of the molecule is COc1cccc(/C=C2/C(=O)N(c3cccc(Cl)c3)N=C2C)c1. The monoisotopic (exact) mass is 326 g/mol. The van der Waals surface area contributed by atoms with Crippen LogP contribution in [0.4, 0.5) is 5.69 Å². The van der Waals surface area contributed by atoms with E-state index < -0.39 is 0 Å². The second-order valence-corrected chi connectivity index (χ2v) is 5.55. The Labute approximate surface area is 139 Å². The molecule has 0 atom stereocenters. The first-order valence-electron chi connectivity index (χ1n) is 7.10. The van der Waals surface area contributed by atoms with Gasteiger partial charge in [-0.15, -0.1) is 0 Å². The summed E-state index contributed by atoms with van der Waals surface area (Å²) in [4.78, 5) is 12.7.